The third-order valence-corrected chi connectivity index (χ3v) is 2.22. The molecule has 3 nitrogen and oxygen atoms in total. The summed E-state index contributed by atoms with van der Waals surface area (Å²) in [7, 11) is 0. The highest BCUT2D eigenvalue weighted by atomic mass is 32.2. The van der Waals surface area contributed by atoms with E-state index in [1.165, 1.54) is 17.5 Å². The van der Waals surface area contributed by atoms with Crippen molar-refractivity contribution < 1.29 is 14.3 Å². The molecule has 0 unspecified atom stereocenters. The topological polar surface area (TPSA) is 63.3 Å². The van der Waals surface area contributed by atoms with Crippen molar-refractivity contribution in [1.29, 1.82) is 0 Å². The molecule has 0 amide bonds. The molecule has 0 aliphatic rings. The number of rotatable bonds is 3. The molecule has 0 bridgehead atoms. The van der Waals surface area contributed by atoms with E-state index in [0.29, 0.717) is 10.6 Å². The van der Waals surface area contributed by atoms with Crippen molar-refractivity contribution in [3.63, 3.8) is 0 Å². The first-order valence-electron chi connectivity index (χ1n) is 3.71. The summed E-state index contributed by atoms with van der Waals surface area (Å²) >= 11 is 0.992. The SMILES string of the molecule is Nc1ccc(SC=CC(=O)O)c(F)c1. The smallest absolute Gasteiger partial charge is 0.328 e. The van der Waals surface area contributed by atoms with Crippen molar-refractivity contribution >= 4 is 23.4 Å². The zero-order valence-corrected chi connectivity index (χ0v) is 7.92. The largest absolute Gasteiger partial charge is 0.478 e. The van der Waals surface area contributed by atoms with Gasteiger partial charge in [-0.2, -0.15) is 0 Å². The zero-order chi connectivity index (χ0) is 10.6. The highest BCUT2D eigenvalue weighted by Crippen LogP contribution is 2.24. The van der Waals surface area contributed by atoms with Crippen LogP contribution in [-0.2, 0) is 4.79 Å². The van der Waals surface area contributed by atoms with Gasteiger partial charge in [-0.25, -0.2) is 9.18 Å². The minimum atomic E-state index is -1.06. The van der Waals surface area contributed by atoms with Crippen molar-refractivity contribution in [1.82, 2.24) is 0 Å². The van der Waals surface area contributed by atoms with Gasteiger partial charge in [-0.1, -0.05) is 11.8 Å². The van der Waals surface area contributed by atoms with Gasteiger partial charge in [0, 0.05) is 16.7 Å². The van der Waals surface area contributed by atoms with Gasteiger partial charge in [-0.15, -0.1) is 0 Å². The van der Waals surface area contributed by atoms with Crippen LogP contribution in [0, 0.1) is 5.82 Å². The highest BCUT2D eigenvalue weighted by Gasteiger charge is 2.00. The Morgan fingerprint density at radius 3 is 2.86 bits per heavy atom. The van der Waals surface area contributed by atoms with Crippen LogP contribution < -0.4 is 5.73 Å². The highest BCUT2D eigenvalue weighted by molar-refractivity contribution is 8.02. The van der Waals surface area contributed by atoms with Crippen LogP contribution >= 0.6 is 11.8 Å². The zero-order valence-electron chi connectivity index (χ0n) is 7.11. The Hall–Kier alpha value is -1.49. The van der Waals surface area contributed by atoms with Gasteiger partial charge in [0.2, 0.25) is 0 Å². The summed E-state index contributed by atoms with van der Waals surface area (Å²) in [6.45, 7) is 0. The number of anilines is 1. The molecule has 14 heavy (non-hydrogen) atoms. The van der Waals surface area contributed by atoms with Crippen LogP contribution in [0.25, 0.3) is 0 Å². The second-order valence-electron chi connectivity index (χ2n) is 2.45. The predicted molar refractivity (Wildman–Crippen MR) is 53.4 cm³/mol. The molecule has 1 rings (SSSR count). The Morgan fingerprint density at radius 1 is 1.57 bits per heavy atom. The van der Waals surface area contributed by atoms with Gasteiger partial charge >= 0.3 is 5.97 Å². The summed E-state index contributed by atoms with van der Waals surface area (Å²) in [5.41, 5.74) is 5.68. The van der Waals surface area contributed by atoms with Crippen LogP contribution in [-0.4, -0.2) is 11.1 Å². The lowest BCUT2D eigenvalue weighted by Gasteiger charge is -1.99. The van der Waals surface area contributed by atoms with E-state index in [4.69, 9.17) is 10.8 Å². The number of nitrogen functional groups attached to an aromatic ring is 1. The van der Waals surface area contributed by atoms with E-state index in [1.54, 1.807) is 6.07 Å². The first-order chi connectivity index (χ1) is 6.59. The lowest BCUT2D eigenvalue weighted by Crippen LogP contribution is -1.87. The maximum absolute atomic E-state index is 13.1. The number of carbonyl (C=O) groups is 1. The van der Waals surface area contributed by atoms with Gasteiger partial charge in [-0.3, -0.25) is 0 Å². The van der Waals surface area contributed by atoms with Crippen molar-refractivity contribution in [2.24, 2.45) is 0 Å². The number of aliphatic carboxylic acids is 1. The second-order valence-corrected chi connectivity index (χ2v) is 3.40. The summed E-state index contributed by atoms with van der Waals surface area (Å²) in [6, 6.07) is 4.25. The van der Waals surface area contributed by atoms with Crippen LogP contribution in [0.2, 0.25) is 0 Å². The lowest BCUT2D eigenvalue weighted by atomic mass is 10.3. The van der Waals surface area contributed by atoms with E-state index < -0.39 is 11.8 Å². The van der Waals surface area contributed by atoms with Gasteiger partial charge in [0.1, 0.15) is 5.82 Å². The maximum Gasteiger partial charge on any atom is 0.328 e. The lowest BCUT2D eigenvalue weighted by molar-refractivity contribution is -0.131. The number of carboxylic acid groups (broad SMARTS) is 1. The van der Waals surface area contributed by atoms with Crippen molar-refractivity contribution in [3.05, 3.63) is 35.5 Å². The molecule has 0 aromatic heterocycles. The molecule has 1 aromatic rings. The van der Waals surface area contributed by atoms with Crippen LogP contribution in [0.4, 0.5) is 10.1 Å². The molecule has 0 radical (unpaired) electrons. The molecule has 0 aliphatic carbocycles. The van der Waals surface area contributed by atoms with E-state index in [-0.39, 0.29) is 0 Å². The number of nitrogens with two attached hydrogens (primary N) is 1. The molecule has 0 saturated heterocycles. The van der Waals surface area contributed by atoms with E-state index >= 15 is 0 Å². The van der Waals surface area contributed by atoms with Gasteiger partial charge in [0.05, 0.1) is 0 Å². The van der Waals surface area contributed by atoms with Crippen molar-refractivity contribution in [2.45, 2.75) is 4.90 Å². The van der Waals surface area contributed by atoms with Crippen molar-refractivity contribution in [2.75, 3.05) is 5.73 Å². The average Bonchev–Trinajstić information content (AvgIpc) is 2.08. The Balaban J connectivity index is 2.73. The van der Waals surface area contributed by atoms with Crippen molar-refractivity contribution in [3.8, 4) is 0 Å². The number of thioether (sulfide) groups is 1. The van der Waals surface area contributed by atoms with Crippen LogP contribution in [0.3, 0.4) is 0 Å². The molecule has 1 aromatic carbocycles. The summed E-state index contributed by atoms with van der Waals surface area (Å²) in [5.74, 6) is -1.52. The van der Waals surface area contributed by atoms with Gasteiger partial charge in [-0.05, 0) is 23.6 Å². The Labute approximate surface area is 84.4 Å². The second kappa shape index (κ2) is 4.66. The number of halogens is 1. The van der Waals surface area contributed by atoms with E-state index in [0.717, 1.165) is 17.8 Å². The van der Waals surface area contributed by atoms with Crippen LogP contribution in [0.1, 0.15) is 0 Å². The standard InChI is InChI=1S/C9H8FNO2S/c10-7-5-6(11)1-2-8(7)14-4-3-9(12)13/h1-5H,11H2,(H,12,13). The monoisotopic (exact) mass is 213 g/mol. The van der Waals surface area contributed by atoms with Crippen LogP contribution in [0.15, 0.2) is 34.6 Å². The molecular formula is C9H8FNO2S. The summed E-state index contributed by atoms with van der Waals surface area (Å²) in [5, 5.41) is 9.59. The molecular weight excluding hydrogens is 205 g/mol. The first kappa shape index (κ1) is 10.6. The normalized spacial score (nSPS) is 10.6. The fraction of sp³-hybridized carbons (Fsp3) is 0. The molecule has 5 heteroatoms. The van der Waals surface area contributed by atoms with E-state index in [2.05, 4.69) is 0 Å². The molecule has 0 saturated carbocycles. The van der Waals surface area contributed by atoms with Gasteiger partial charge in [0.25, 0.3) is 0 Å². The quantitative estimate of drug-likeness (QED) is 0.458. The minimum Gasteiger partial charge on any atom is -0.478 e. The average molecular weight is 213 g/mol. The fourth-order valence-corrected chi connectivity index (χ4v) is 1.43. The summed E-state index contributed by atoms with van der Waals surface area (Å²) in [6.07, 6.45) is 0.945. The van der Waals surface area contributed by atoms with E-state index in [9.17, 15) is 9.18 Å². The maximum atomic E-state index is 13.1. The molecule has 0 atom stereocenters. The summed E-state index contributed by atoms with van der Waals surface area (Å²) in [4.78, 5) is 10.5. The molecule has 0 heterocycles. The Kier molecular flexibility index (Phi) is 3.53. The molecule has 0 spiro atoms. The molecule has 0 fully saturated rings. The molecule has 3 N–H and O–H groups in total. The van der Waals surface area contributed by atoms with Gasteiger partial charge in [0.15, 0.2) is 0 Å². The fourth-order valence-electron chi connectivity index (χ4n) is 0.778. The number of benzene rings is 1. The molecule has 74 valence electrons. The minimum absolute atomic E-state index is 0.342. The van der Waals surface area contributed by atoms with Crippen LogP contribution in [0.5, 0.6) is 0 Å². The number of carboxylic acids is 1. The number of hydrogen-bond donors (Lipinski definition) is 2. The third kappa shape index (κ3) is 3.10. The van der Waals surface area contributed by atoms with Gasteiger partial charge < -0.3 is 10.8 Å². The third-order valence-electron chi connectivity index (χ3n) is 1.36. The Bertz CT molecular complexity index is 379. The Morgan fingerprint density at radius 2 is 2.29 bits per heavy atom. The predicted octanol–water partition coefficient (Wildman–Crippen LogP) is 2.10. The number of hydrogen-bond acceptors (Lipinski definition) is 3. The first-order valence-corrected chi connectivity index (χ1v) is 4.58. The summed E-state index contributed by atoms with van der Waals surface area (Å²) < 4.78 is 13.1. The molecule has 0 aliphatic heterocycles. The van der Waals surface area contributed by atoms with E-state index in [1.807, 2.05) is 0 Å².